The first-order valence-electron chi connectivity index (χ1n) is 6.01. The van der Waals surface area contributed by atoms with Crippen LogP contribution in [0.25, 0.3) is 0 Å². The Balaban J connectivity index is 2.84. The van der Waals surface area contributed by atoms with Crippen molar-refractivity contribution in [3.05, 3.63) is 0 Å². The van der Waals surface area contributed by atoms with Crippen LogP contribution in [-0.2, 0) is 9.59 Å². The van der Waals surface area contributed by atoms with Crippen LogP contribution in [0.2, 0.25) is 0 Å². The van der Waals surface area contributed by atoms with Gasteiger partial charge in [0.25, 0.3) is 5.91 Å². The first-order valence-corrected chi connectivity index (χ1v) is 6.01. The Hall–Kier alpha value is -2.45. The number of aliphatic imine (C=N–C) groups is 1. The van der Waals surface area contributed by atoms with Gasteiger partial charge in [0.2, 0.25) is 11.4 Å². The number of hydrogen-bond donors (Lipinski definition) is 1. The van der Waals surface area contributed by atoms with E-state index in [1.165, 1.54) is 5.01 Å². The number of hydrogen-bond acceptors (Lipinski definition) is 6. The van der Waals surface area contributed by atoms with Crippen molar-refractivity contribution >= 4 is 17.6 Å². The molecule has 0 spiro atoms. The minimum Gasteiger partial charge on any atom is -0.384 e. The van der Waals surface area contributed by atoms with Gasteiger partial charge in [-0.15, -0.1) is 0 Å². The number of carbonyl (C=O) groups is 2. The zero-order valence-electron chi connectivity index (χ0n) is 11.4. The monoisotopic (exact) mass is 274 g/mol. The summed E-state index contributed by atoms with van der Waals surface area (Å²) in [5.41, 5.74) is 2.14. The molecule has 1 fully saturated rings. The van der Waals surface area contributed by atoms with E-state index in [-0.39, 0.29) is 18.2 Å². The van der Waals surface area contributed by atoms with Gasteiger partial charge in [0, 0.05) is 20.5 Å². The maximum absolute atomic E-state index is 12.3. The first-order chi connectivity index (χ1) is 9.29. The van der Waals surface area contributed by atoms with Gasteiger partial charge in [-0.1, -0.05) is 6.92 Å². The molecule has 0 bridgehead atoms. The minimum atomic E-state index is -1.88. The Kier molecular flexibility index (Phi) is 2.81. The van der Waals surface area contributed by atoms with Crippen LogP contribution >= 0.6 is 0 Å². The average molecular weight is 274 g/mol. The van der Waals surface area contributed by atoms with Crippen LogP contribution in [0.1, 0.15) is 13.3 Å². The lowest BCUT2D eigenvalue weighted by Crippen LogP contribution is -2.73. The molecular weight excluding hydrogens is 260 g/mol. The summed E-state index contributed by atoms with van der Waals surface area (Å²) in [6.45, 7) is 1.59. The summed E-state index contributed by atoms with van der Waals surface area (Å²) in [5, 5.41) is 21.7. The van der Waals surface area contributed by atoms with Crippen molar-refractivity contribution in [3.8, 4) is 12.1 Å². The molecule has 2 aliphatic rings. The quantitative estimate of drug-likeness (QED) is 0.653. The maximum atomic E-state index is 12.3. The summed E-state index contributed by atoms with van der Waals surface area (Å²) < 4.78 is 0. The summed E-state index contributed by atoms with van der Waals surface area (Å²) in [5.74, 6) is -2.08. The highest BCUT2D eigenvalue weighted by Crippen LogP contribution is 2.52. The highest BCUT2D eigenvalue weighted by atomic mass is 16.2. The molecule has 0 saturated carbocycles. The number of nitrogens with zero attached hydrogens (tertiary/aromatic N) is 5. The molecule has 20 heavy (non-hydrogen) atoms. The number of nitriles is 2. The molecule has 2 rings (SSSR count). The fourth-order valence-corrected chi connectivity index (χ4v) is 3.12. The van der Waals surface area contributed by atoms with Crippen LogP contribution in [0.4, 0.5) is 0 Å². The van der Waals surface area contributed by atoms with Crippen molar-refractivity contribution in [3.63, 3.8) is 0 Å². The Morgan fingerprint density at radius 1 is 1.40 bits per heavy atom. The van der Waals surface area contributed by atoms with E-state index in [1.807, 2.05) is 12.1 Å². The number of amidine groups is 1. The van der Waals surface area contributed by atoms with E-state index in [1.54, 1.807) is 21.0 Å². The van der Waals surface area contributed by atoms with Gasteiger partial charge in [0.1, 0.15) is 11.9 Å². The highest BCUT2D eigenvalue weighted by Gasteiger charge is 2.74. The van der Waals surface area contributed by atoms with Crippen molar-refractivity contribution in [1.82, 2.24) is 10.0 Å². The zero-order valence-corrected chi connectivity index (χ0v) is 11.4. The van der Waals surface area contributed by atoms with Gasteiger partial charge >= 0.3 is 0 Å². The molecule has 0 aromatic rings. The van der Waals surface area contributed by atoms with E-state index in [2.05, 4.69) is 4.99 Å². The molecule has 0 aliphatic carbocycles. The Labute approximate surface area is 116 Å². The van der Waals surface area contributed by atoms with Gasteiger partial charge in [0.15, 0.2) is 5.41 Å². The normalized spacial score (nSPS) is 36.4. The number of rotatable bonds is 1. The molecule has 0 aromatic heterocycles. The third-order valence-corrected chi connectivity index (χ3v) is 4.01. The molecular formula is C12H14N6O2. The van der Waals surface area contributed by atoms with Crippen molar-refractivity contribution < 1.29 is 9.59 Å². The molecule has 0 unspecified atom stereocenters. The van der Waals surface area contributed by atoms with Crippen LogP contribution in [-0.4, -0.2) is 47.3 Å². The smallest absolute Gasteiger partial charge is 0.272 e. The van der Waals surface area contributed by atoms with E-state index >= 15 is 0 Å². The molecule has 3 atom stereocenters. The van der Waals surface area contributed by atoms with Gasteiger partial charge < -0.3 is 5.73 Å². The predicted octanol–water partition coefficient (Wildman–Crippen LogP) is -0.999. The lowest BCUT2D eigenvalue weighted by molar-refractivity contribution is -0.171. The summed E-state index contributed by atoms with van der Waals surface area (Å²) in [4.78, 5) is 28.1. The van der Waals surface area contributed by atoms with Crippen molar-refractivity contribution in [2.45, 2.75) is 18.9 Å². The Morgan fingerprint density at radius 2 is 2.00 bits per heavy atom. The summed E-state index contributed by atoms with van der Waals surface area (Å²) in [6, 6.07) is 3.83. The lowest BCUT2D eigenvalue weighted by atomic mass is 9.60. The fourth-order valence-electron chi connectivity index (χ4n) is 3.12. The van der Waals surface area contributed by atoms with Gasteiger partial charge in [-0.25, -0.2) is 10.0 Å². The van der Waals surface area contributed by atoms with Crippen molar-refractivity contribution in [2.75, 3.05) is 14.1 Å². The van der Waals surface area contributed by atoms with Gasteiger partial charge in [0.05, 0.1) is 6.07 Å². The second-order valence-corrected chi connectivity index (χ2v) is 5.20. The van der Waals surface area contributed by atoms with Crippen molar-refractivity contribution in [1.29, 1.82) is 10.5 Å². The van der Waals surface area contributed by atoms with E-state index < -0.39 is 22.8 Å². The largest absolute Gasteiger partial charge is 0.384 e. The Bertz CT molecular complexity index is 612. The second-order valence-electron chi connectivity index (χ2n) is 5.20. The van der Waals surface area contributed by atoms with E-state index in [0.717, 1.165) is 5.01 Å². The van der Waals surface area contributed by atoms with E-state index in [4.69, 9.17) is 5.73 Å². The van der Waals surface area contributed by atoms with Crippen LogP contribution in [0.5, 0.6) is 0 Å². The molecule has 0 radical (unpaired) electrons. The predicted molar refractivity (Wildman–Crippen MR) is 67.3 cm³/mol. The number of hydrazine groups is 1. The summed E-state index contributed by atoms with van der Waals surface area (Å²) in [6.07, 6.45) is -0.0241. The molecule has 2 aliphatic heterocycles. The topological polar surface area (TPSA) is 127 Å². The first kappa shape index (κ1) is 14.0. The second kappa shape index (κ2) is 4.02. The van der Waals surface area contributed by atoms with Crippen LogP contribution < -0.4 is 5.73 Å². The number of amides is 2. The van der Waals surface area contributed by atoms with Gasteiger partial charge in [-0.05, 0) is 5.92 Å². The molecule has 0 aromatic carbocycles. The van der Waals surface area contributed by atoms with Crippen LogP contribution in [0.3, 0.4) is 0 Å². The summed E-state index contributed by atoms with van der Waals surface area (Å²) >= 11 is 0. The Morgan fingerprint density at radius 3 is 2.45 bits per heavy atom. The van der Waals surface area contributed by atoms with E-state index in [0.29, 0.717) is 0 Å². The molecule has 2 amide bonds. The molecule has 1 saturated heterocycles. The molecule has 8 heteroatoms. The van der Waals surface area contributed by atoms with Crippen molar-refractivity contribution in [2.24, 2.45) is 22.1 Å². The minimum absolute atomic E-state index is 0.0241. The number of carbonyl (C=O) groups excluding carboxylic acids is 2. The molecule has 2 N–H and O–H groups in total. The fraction of sp³-hybridized carbons (Fsp3) is 0.583. The number of nitrogens with two attached hydrogens (primary N) is 1. The molecule has 8 nitrogen and oxygen atoms in total. The van der Waals surface area contributed by atoms with Gasteiger partial charge in [-0.2, -0.15) is 15.5 Å². The van der Waals surface area contributed by atoms with E-state index in [9.17, 15) is 20.1 Å². The average Bonchev–Trinajstić information content (AvgIpc) is 2.58. The molecule has 104 valence electrons. The SMILES string of the molecule is C[C@@H]1CC(=O)N(N(C)C)[C@]2(C#N)C(N)=NC(=O)[C@]12C#N. The lowest BCUT2D eigenvalue weighted by Gasteiger charge is -2.51. The third-order valence-electron chi connectivity index (χ3n) is 4.01. The highest BCUT2D eigenvalue weighted by molar-refractivity contribution is 6.16. The van der Waals surface area contributed by atoms with Crippen LogP contribution in [0.15, 0.2) is 4.99 Å². The summed E-state index contributed by atoms with van der Waals surface area (Å²) in [7, 11) is 3.09. The van der Waals surface area contributed by atoms with Crippen LogP contribution in [0, 0.1) is 34.0 Å². The third kappa shape index (κ3) is 1.19. The number of piperidine rings is 1. The maximum Gasteiger partial charge on any atom is 0.272 e. The molecule has 2 heterocycles. The standard InChI is InChI=1S/C12H14N6O2/c1-7-4-8(19)18(17(2)3)12(6-14)9(15)16-10(20)11(7,12)5-13/h7H,4H2,1-3H3,(H2,15,16,20)/t7-,11+,12-/m1/s1. The number of fused-ring (bicyclic) bond motifs is 1. The zero-order chi connectivity index (χ0) is 15.3. The van der Waals surface area contributed by atoms with Gasteiger partial charge in [-0.3, -0.25) is 9.59 Å².